The number of benzene rings is 1. The summed E-state index contributed by atoms with van der Waals surface area (Å²) >= 11 is 0. The first kappa shape index (κ1) is 17.7. The lowest BCUT2D eigenvalue weighted by molar-refractivity contribution is 0.547. The van der Waals surface area contributed by atoms with Gasteiger partial charge < -0.3 is 0 Å². The molecule has 1 aromatic carbocycles. The summed E-state index contributed by atoms with van der Waals surface area (Å²) in [7, 11) is 0. The number of nitrogens with zero attached hydrogens (tertiary/aromatic N) is 2. The Morgan fingerprint density at radius 2 is 1.92 bits per heavy atom. The predicted octanol–water partition coefficient (Wildman–Crippen LogP) is 5.59. The molecule has 26 heavy (non-hydrogen) atoms. The van der Waals surface area contributed by atoms with Gasteiger partial charge in [-0.3, -0.25) is 0 Å². The summed E-state index contributed by atoms with van der Waals surface area (Å²) in [6.45, 7) is 11.2. The van der Waals surface area contributed by atoms with Crippen molar-refractivity contribution < 1.29 is 0 Å². The van der Waals surface area contributed by atoms with Crippen LogP contribution in [0.4, 0.5) is 0 Å². The first-order chi connectivity index (χ1) is 12.4. The van der Waals surface area contributed by atoms with Crippen LogP contribution in [-0.2, 0) is 18.3 Å². The van der Waals surface area contributed by atoms with Crippen LogP contribution in [0.15, 0.2) is 18.2 Å². The van der Waals surface area contributed by atoms with E-state index in [4.69, 9.17) is 9.97 Å². The predicted molar refractivity (Wildman–Crippen MR) is 107 cm³/mol. The van der Waals surface area contributed by atoms with Gasteiger partial charge in [-0.1, -0.05) is 30.7 Å². The molecule has 137 valence electrons. The minimum absolute atomic E-state index is 0.0187. The molecule has 2 aliphatic carbocycles. The summed E-state index contributed by atoms with van der Waals surface area (Å²) in [6, 6.07) is 6.87. The van der Waals surface area contributed by atoms with Crippen molar-refractivity contribution in [1.29, 1.82) is 0 Å². The highest BCUT2D eigenvalue weighted by Crippen LogP contribution is 2.45. The Morgan fingerprint density at radius 3 is 2.62 bits per heavy atom. The molecule has 1 aromatic heterocycles. The Bertz CT molecular complexity index is 834. The van der Waals surface area contributed by atoms with Crippen LogP contribution >= 0.6 is 0 Å². The molecule has 0 amide bonds. The van der Waals surface area contributed by atoms with Gasteiger partial charge >= 0.3 is 0 Å². The van der Waals surface area contributed by atoms with Gasteiger partial charge in [0.1, 0.15) is 5.82 Å². The highest BCUT2D eigenvalue weighted by molar-refractivity contribution is 5.48. The average Bonchev–Trinajstić information content (AvgIpc) is 3.38. The Hall–Kier alpha value is -1.70. The van der Waals surface area contributed by atoms with E-state index in [9.17, 15) is 0 Å². The van der Waals surface area contributed by atoms with Gasteiger partial charge in [0, 0.05) is 11.1 Å². The number of aryl methyl sites for hydroxylation is 4. The van der Waals surface area contributed by atoms with Gasteiger partial charge in [0.25, 0.3) is 0 Å². The van der Waals surface area contributed by atoms with Crippen molar-refractivity contribution in [3.05, 3.63) is 63.6 Å². The third-order valence-electron chi connectivity index (χ3n) is 6.61. The molecular formula is C24H31N2. The minimum Gasteiger partial charge on any atom is -0.238 e. The molecule has 0 aliphatic heterocycles. The quantitative estimate of drug-likeness (QED) is 0.704. The second-order valence-electron chi connectivity index (χ2n) is 8.82. The van der Waals surface area contributed by atoms with E-state index in [1.807, 2.05) is 0 Å². The standard InChI is InChI=1S/C24H31N2/c1-15-6-10-21(17(3)14-15)24(5)13-12-20-22(25-18(4)26-23(20)24)11-7-16(2)19-8-9-19/h6,10,14,19H,7-9,11-13H2,1-5H3. The zero-order valence-electron chi connectivity index (χ0n) is 16.9. The summed E-state index contributed by atoms with van der Waals surface area (Å²) in [6.07, 6.45) is 7.32. The van der Waals surface area contributed by atoms with E-state index in [-0.39, 0.29) is 5.41 Å². The Kier molecular flexibility index (Phi) is 4.41. The van der Waals surface area contributed by atoms with E-state index in [0.29, 0.717) is 0 Å². The van der Waals surface area contributed by atoms with Crippen molar-refractivity contribution in [3.63, 3.8) is 0 Å². The number of fused-ring (bicyclic) bond motifs is 1. The monoisotopic (exact) mass is 347 g/mol. The molecule has 1 atom stereocenters. The highest BCUT2D eigenvalue weighted by Gasteiger charge is 2.40. The van der Waals surface area contributed by atoms with Crippen molar-refractivity contribution in [2.24, 2.45) is 5.92 Å². The molecule has 1 unspecified atom stereocenters. The maximum atomic E-state index is 4.96. The number of hydrogen-bond donors (Lipinski definition) is 0. The molecule has 4 rings (SSSR count). The second kappa shape index (κ2) is 6.48. The van der Waals surface area contributed by atoms with Crippen molar-refractivity contribution in [2.45, 2.75) is 78.6 Å². The molecule has 2 nitrogen and oxygen atoms in total. The van der Waals surface area contributed by atoms with Gasteiger partial charge in [-0.15, -0.1) is 0 Å². The van der Waals surface area contributed by atoms with Crippen LogP contribution in [0.5, 0.6) is 0 Å². The molecule has 0 spiro atoms. The van der Waals surface area contributed by atoms with Crippen molar-refractivity contribution in [2.75, 3.05) is 0 Å². The zero-order valence-corrected chi connectivity index (χ0v) is 16.9. The first-order valence-electron chi connectivity index (χ1n) is 10.2. The van der Waals surface area contributed by atoms with Crippen LogP contribution in [0.25, 0.3) is 0 Å². The van der Waals surface area contributed by atoms with Gasteiger partial charge in [0.15, 0.2) is 0 Å². The molecule has 2 aromatic rings. The molecule has 1 heterocycles. The molecule has 0 N–H and O–H groups in total. The fourth-order valence-corrected chi connectivity index (χ4v) is 4.86. The average molecular weight is 348 g/mol. The lowest BCUT2D eigenvalue weighted by atomic mass is 9.77. The van der Waals surface area contributed by atoms with Gasteiger partial charge in [-0.2, -0.15) is 0 Å². The molecular weight excluding hydrogens is 316 g/mol. The normalized spacial score (nSPS) is 22.1. The van der Waals surface area contributed by atoms with E-state index < -0.39 is 0 Å². The van der Waals surface area contributed by atoms with Crippen molar-refractivity contribution >= 4 is 0 Å². The molecule has 0 saturated heterocycles. The number of hydrogen-bond acceptors (Lipinski definition) is 2. The SMILES string of the molecule is C[C](CCc1nc(C)nc2c1CCC2(C)c1ccc(C)cc1C)C1CC1. The Labute approximate surface area is 158 Å². The van der Waals surface area contributed by atoms with Gasteiger partial charge in [0.05, 0.1) is 5.69 Å². The van der Waals surface area contributed by atoms with Crippen molar-refractivity contribution in [3.8, 4) is 0 Å². The van der Waals surface area contributed by atoms with Crippen LogP contribution in [0, 0.1) is 32.6 Å². The zero-order chi connectivity index (χ0) is 18.5. The Balaban J connectivity index is 1.69. The molecule has 0 bridgehead atoms. The summed E-state index contributed by atoms with van der Waals surface area (Å²) in [5.74, 6) is 3.50. The smallest absolute Gasteiger partial charge is 0.125 e. The van der Waals surface area contributed by atoms with E-state index in [1.54, 1.807) is 5.92 Å². The van der Waals surface area contributed by atoms with Crippen LogP contribution in [0.1, 0.15) is 79.0 Å². The third kappa shape index (κ3) is 3.08. The largest absolute Gasteiger partial charge is 0.238 e. The molecule has 2 aliphatic rings. The van der Waals surface area contributed by atoms with Crippen molar-refractivity contribution in [1.82, 2.24) is 9.97 Å². The Morgan fingerprint density at radius 1 is 1.15 bits per heavy atom. The van der Waals surface area contributed by atoms with E-state index >= 15 is 0 Å². The van der Waals surface area contributed by atoms with Crippen LogP contribution in [-0.4, -0.2) is 9.97 Å². The van der Waals surface area contributed by atoms with Crippen LogP contribution in [0.2, 0.25) is 0 Å². The second-order valence-corrected chi connectivity index (χ2v) is 8.82. The third-order valence-corrected chi connectivity index (χ3v) is 6.61. The maximum Gasteiger partial charge on any atom is 0.125 e. The van der Waals surface area contributed by atoms with Gasteiger partial charge in [0.2, 0.25) is 0 Å². The lowest BCUT2D eigenvalue weighted by Gasteiger charge is -2.27. The summed E-state index contributed by atoms with van der Waals surface area (Å²) in [4.78, 5) is 9.83. The molecule has 2 heteroatoms. The fraction of sp³-hybridized carbons (Fsp3) is 0.542. The maximum absolute atomic E-state index is 4.96. The van der Waals surface area contributed by atoms with E-state index in [2.05, 4.69) is 52.8 Å². The van der Waals surface area contributed by atoms with Crippen LogP contribution < -0.4 is 0 Å². The number of rotatable bonds is 5. The van der Waals surface area contributed by atoms with Gasteiger partial charge in [-0.05, 0) is 94.7 Å². The molecule has 1 saturated carbocycles. The summed E-state index contributed by atoms with van der Waals surface area (Å²) in [5, 5.41) is 0. The van der Waals surface area contributed by atoms with E-state index in [1.165, 1.54) is 52.9 Å². The fourth-order valence-electron chi connectivity index (χ4n) is 4.86. The molecule has 1 fully saturated rings. The summed E-state index contributed by atoms with van der Waals surface area (Å²) < 4.78 is 0. The number of aromatic nitrogens is 2. The lowest BCUT2D eigenvalue weighted by Crippen LogP contribution is -2.23. The molecule has 1 radical (unpaired) electrons. The topological polar surface area (TPSA) is 25.8 Å². The first-order valence-corrected chi connectivity index (χ1v) is 10.2. The van der Waals surface area contributed by atoms with Gasteiger partial charge in [-0.25, -0.2) is 9.97 Å². The highest BCUT2D eigenvalue weighted by atomic mass is 14.9. The van der Waals surface area contributed by atoms with Crippen LogP contribution in [0.3, 0.4) is 0 Å². The minimum atomic E-state index is 0.0187. The summed E-state index contributed by atoms with van der Waals surface area (Å²) in [5.41, 5.74) is 8.20. The van der Waals surface area contributed by atoms with E-state index in [0.717, 1.165) is 31.0 Å².